The molecule has 2 aromatic carbocycles. The average Bonchev–Trinajstić information content (AvgIpc) is 2.99. The molecule has 0 unspecified atom stereocenters. The number of rotatable bonds is 7. The largest absolute Gasteiger partial charge is 0.493 e. The number of amides is 2. The summed E-state index contributed by atoms with van der Waals surface area (Å²) in [4.78, 5) is 38.2. The highest BCUT2D eigenvalue weighted by Crippen LogP contribution is 2.37. The zero-order valence-corrected chi connectivity index (χ0v) is 18.7. The molecule has 1 aliphatic rings. The molecule has 162 valence electrons. The van der Waals surface area contributed by atoms with Crippen LogP contribution in [0.1, 0.15) is 19.4 Å². The number of benzene rings is 2. The Morgan fingerprint density at radius 2 is 1.94 bits per heavy atom. The monoisotopic (exact) mass is 461 g/mol. The van der Waals surface area contributed by atoms with E-state index >= 15 is 0 Å². The molecule has 0 aromatic heterocycles. The Bertz CT molecular complexity index is 1050. The van der Waals surface area contributed by atoms with Crippen LogP contribution in [-0.4, -0.2) is 36.9 Å². The highest BCUT2D eigenvalue weighted by atomic mass is 35.5. The summed E-state index contributed by atoms with van der Waals surface area (Å²) in [5.41, 5.74) is 1.04. The van der Waals surface area contributed by atoms with Gasteiger partial charge in [0.1, 0.15) is 0 Å². The number of thioether (sulfide) groups is 1. The van der Waals surface area contributed by atoms with Crippen molar-refractivity contribution in [2.75, 3.05) is 18.6 Å². The molecular weight excluding hydrogens is 442 g/mol. The number of methoxy groups -OCH3 is 1. The van der Waals surface area contributed by atoms with E-state index in [1.807, 2.05) is 0 Å². The van der Waals surface area contributed by atoms with E-state index < -0.39 is 17.1 Å². The third-order valence-electron chi connectivity index (χ3n) is 4.06. The molecule has 0 N–H and O–H groups in total. The number of hydrogen-bond acceptors (Lipinski definition) is 7. The lowest BCUT2D eigenvalue weighted by Crippen LogP contribution is -2.27. The summed E-state index contributed by atoms with van der Waals surface area (Å²) in [5, 5.41) is 0.0206. The summed E-state index contributed by atoms with van der Waals surface area (Å²) in [6.07, 6.45) is 1.36. The van der Waals surface area contributed by atoms with E-state index in [2.05, 4.69) is 0 Å². The molecule has 3 rings (SSSR count). The molecule has 0 aliphatic carbocycles. The fourth-order valence-corrected chi connectivity index (χ4v) is 3.81. The van der Waals surface area contributed by atoms with Gasteiger partial charge in [-0.1, -0.05) is 23.7 Å². The Morgan fingerprint density at radius 3 is 2.61 bits per heavy atom. The normalized spacial score (nSPS) is 15.0. The van der Waals surface area contributed by atoms with E-state index in [4.69, 9.17) is 25.8 Å². The maximum absolute atomic E-state index is 12.8. The summed E-state index contributed by atoms with van der Waals surface area (Å²) >= 11 is 6.81. The number of nitrogens with zero attached hydrogens (tertiary/aromatic N) is 1. The molecule has 2 aromatic rings. The highest BCUT2D eigenvalue weighted by molar-refractivity contribution is 8.19. The van der Waals surface area contributed by atoms with Crippen LogP contribution >= 0.6 is 23.4 Å². The van der Waals surface area contributed by atoms with E-state index in [0.29, 0.717) is 27.8 Å². The van der Waals surface area contributed by atoms with Crippen LogP contribution in [0.15, 0.2) is 47.4 Å². The quantitative estimate of drug-likeness (QED) is 0.427. The number of carbonyl (C=O) groups excluding carboxylic acids is 3. The molecule has 9 heteroatoms. The van der Waals surface area contributed by atoms with Crippen LogP contribution in [0, 0.1) is 0 Å². The van der Waals surface area contributed by atoms with E-state index in [1.165, 1.54) is 7.11 Å². The maximum atomic E-state index is 12.8. The first kappa shape index (κ1) is 22.7. The standard InChI is InChI=1S/C22H20ClNO6S/c1-13(2)30-20(25)12-29-17-8-7-14(9-18(17)28-3)10-19-21(26)24(22(27)31-19)16-6-4-5-15(23)11-16/h4-11,13H,12H2,1-3H3/b19-10+. The van der Waals surface area contributed by atoms with Crippen molar-refractivity contribution in [1.29, 1.82) is 0 Å². The van der Waals surface area contributed by atoms with Gasteiger partial charge in [0, 0.05) is 5.02 Å². The Hall–Kier alpha value is -2.97. The zero-order chi connectivity index (χ0) is 22.5. The van der Waals surface area contributed by atoms with Crippen molar-refractivity contribution in [1.82, 2.24) is 0 Å². The average molecular weight is 462 g/mol. The summed E-state index contributed by atoms with van der Waals surface area (Å²) in [7, 11) is 1.46. The van der Waals surface area contributed by atoms with Crippen LogP contribution in [0.5, 0.6) is 11.5 Å². The van der Waals surface area contributed by atoms with Crippen molar-refractivity contribution in [2.24, 2.45) is 0 Å². The highest BCUT2D eigenvalue weighted by Gasteiger charge is 2.36. The predicted molar refractivity (Wildman–Crippen MR) is 120 cm³/mol. The Balaban J connectivity index is 1.78. The fourth-order valence-electron chi connectivity index (χ4n) is 2.78. The fraction of sp³-hybridized carbons (Fsp3) is 0.227. The van der Waals surface area contributed by atoms with Crippen molar-refractivity contribution in [3.05, 3.63) is 58.0 Å². The molecule has 1 fully saturated rings. The molecule has 2 amide bonds. The van der Waals surface area contributed by atoms with Crippen molar-refractivity contribution >= 4 is 52.2 Å². The summed E-state index contributed by atoms with van der Waals surface area (Å²) in [6.45, 7) is 3.25. The molecule has 7 nitrogen and oxygen atoms in total. The Labute approximate surface area is 188 Å². The summed E-state index contributed by atoms with van der Waals surface area (Å²) < 4.78 is 15.8. The van der Waals surface area contributed by atoms with Gasteiger partial charge < -0.3 is 14.2 Å². The number of halogens is 1. The number of imide groups is 1. The molecule has 1 aliphatic heterocycles. The van der Waals surface area contributed by atoms with E-state index in [9.17, 15) is 14.4 Å². The van der Waals surface area contributed by atoms with Crippen LogP contribution in [0.3, 0.4) is 0 Å². The second kappa shape index (κ2) is 9.89. The van der Waals surface area contributed by atoms with Gasteiger partial charge in [-0.15, -0.1) is 0 Å². The van der Waals surface area contributed by atoms with Gasteiger partial charge in [-0.25, -0.2) is 9.69 Å². The minimum absolute atomic E-state index is 0.234. The molecule has 0 saturated carbocycles. The number of hydrogen-bond donors (Lipinski definition) is 0. The van der Waals surface area contributed by atoms with Gasteiger partial charge in [-0.2, -0.15) is 0 Å². The van der Waals surface area contributed by atoms with Crippen LogP contribution in [0.2, 0.25) is 5.02 Å². The molecule has 1 saturated heterocycles. The first-order valence-electron chi connectivity index (χ1n) is 9.32. The summed E-state index contributed by atoms with van der Waals surface area (Å²) in [6, 6.07) is 11.5. The van der Waals surface area contributed by atoms with Gasteiger partial charge >= 0.3 is 5.97 Å². The van der Waals surface area contributed by atoms with Gasteiger partial charge in [-0.05, 0) is 67.6 Å². The number of ether oxygens (including phenoxy) is 3. The first-order chi connectivity index (χ1) is 14.8. The van der Waals surface area contributed by atoms with Crippen LogP contribution in [0.25, 0.3) is 6.08 Å². The first-order valence-corrected chi connectivity index (χ1v) is 10.5. The smallest absolute Gasteiger partial charge is 0.344 e. The van der Waals surface area contributed by atoms with Gasteiger partial charge in [-0.3, -0.25) is 9.59 Å². The van der Waals surface area contributed by atoms with Crippen LogP contribution < -0.4 is 14.4 Å². The van der Waals surface area contributed by atoms with Crippen LogP contribution in [-0.2, 0) is 14.3 Å². The third kappa shape index (κ3) is 5.59. The number of carbonyl (C=O) groups is 3. The molecule has 1 heterocycles. The molecule has 31 heavy (non-hydrogen) atoms. The minimum atomic E-state index is -0.490. The second-order valence-corrected chi connectivity index (χ2v) is 8.16. The lowest BCUT2D eigenvalue weighted by Gasteiger charge is -2.13. The van der Waals surface area contributed by atoms with Crippen molar-refractivity contribution in [3.63, 3.8) is 0 Å². The zero-order valence-electron chi connectivity index (χ0n) is 17.1. The topological polar surface area (TPSA) is 82.1 Å². The molecule has 0 bridgehead atoms. The van der Waals surface area contributed by atoms with Crippen molar-refractivity contribution < 1.29 is 28.6 Å². The Morgan fingerprint density at radius 1 is 1.16 bits per heavy atom. The number of esters is 1. The summed E-state index contributed by atoms with van der Waals surface area (Å²) in [5.74, 6) is -0.198. The SMILES string of the molecule is COc1cc(/C=C2/SC(=O)N(c3cccc(Cl)c3)C2=O)ccc1OCC(=O)OC(C)C. The predicted octanol–water partition coefficient (Wildman–Crippen LogP) is 4.92. The van der Waals surface area contributed by atoms with Crippen molar-refractivity contribution in [3.8, 4) is 11.5 Å². The Kier molecular flexibility index (Phi) is 7.25. The van der Waals surface area contributed by atoms with Gasteiger partial charge in [0.05, 0.1) is 23.8 Å². The van der Waals surface area contributed by atoms with Gasteiger partial charge in [0.25, 0.3) is 11.1 Å². The second-order valence-electron chi connectivity index (χ2n) is 6.73. The van der Waals surface area contributed by atoms with Gasteiger partial charge in [0.15, 0.2) is 18.1 Å². The van der Waals surface area contributed by atoms with E-state index in [0.717, 1.165) is 16.7 Å². The minimum Gasteiger partial charge on any atom is -0.493 e. The number of anilines is 1. The molecular formula is C22H20ClNO6S. The molecule has 0 spiro atoms. The van der Waals surface area contributed by atoms with Crippen molar-refractivity contribution in [2.45, 2.75) is 20.0 Å². The maximum Gasteiger partial charge on any atom is 0.344 e. The lowest BCUT2D eigenvalue weighted by molar-refractivity contribution is -0.149. The van der Waals surface area contributed by atoms with Crippen LogP contribution in [0.4, 0.5) is 10.5 Å². The third-order valence-corrected chi connectivity index (χ3v) is 5.16. The lowest BCUT2D eigenvalue weighted by atomic mass is 10.2. The van der Waals surface area contributed by atoms with E-state index in [1.54, 1.807) is 62.4 Å². The van der Waals surface area contributed by atoms with Gasteiger partial charge in [0.2, 0.25) is 0 Å². The molecule has 0 atom stereocenters. The molecule has 0 radical (unpaired) electrons. The van der Waals surface area contributed by atoms with E-state index in [-0.39, 0.29) is 17.6 Å².